The maximum Gasteiger partial charge on any atom is 0.321 e. The van der Waals surface area contributed by atoms with Crippen LogP contribution in [0.2, 0.25) is 0 Å². The van der Waals surface area contributed by atoms with Crippen LogP contribution in [-0.2, 0) is 4.79 Å². The average Bonchev–Trinajstić information content (AvgIpc) is 2.40. The number of nitrogens with one attached hydrogen (secondary N) is 1. The van der Waals surface area contributed by atoms with Crippen LogP contribution in [0.1, 0.15) is 13.3 Å². The summed E-state index contributed by atoms with van der Waals surface area (Å²) in [5.41, 5.74) is 0.698. The highest BCUT2D eigenvalue weighted by Gasteiger charge is 2.31. The topological polar surface area (TPSA) is 69.6 Å². The van der Waals surface area contributed by atoms with Crippen molar-refractivity contribution < 1.29 is 14.7 Å². The second-order valence-electron chi connectivity index (χ2n) is 5.22. The number of urea groups is 1. The molecule has 0 radical (unpaired) electrons. The number of piperidine rings is 1. The fraction of sp³-hybridized carbons (Fsp3) is 0.429. The van der Waals surface area contributed by atoms with Gasteiger partial charge in [-0.2, -0.15) is 0 Å². The third-order valence-electron chi connectivity index (χ3n) is 3.39. The molecule has 0 bridgehead atoms. The number of rotatable bonds is 2. The second-order valence-corrected chi connectivity index (χ2v) is 6.13. The molecule has 2 unspecified atom stereocenters. The smallest absolute Gasteiger partial charge is 0.321 e. The highest BCUT2D eigenvalue weighted by Crippen LogP contribution is 2.23. The van der Waals surface area contributed by atoms with Crippen LogP contribution >= 0.6 is 15.9 Å². The fourth-order valence-electron chi connectivity index (χ4n) is 2.43. The van der Waals surface area contributed by atoms with E-state index in [9.17, 15) is 9.59 Å². The van der Waals surface area contributed by atoms with E-state index in [-0.39, 0.29) is 18.5 Å². The number of hydrogen-bond donors (Lipinski definition) is 2. The summed E-state index contributed by atoms with van der Waals surface area (Å²) in [5, 5.41) is 11.9. The highest BCUT2D eigenvalue weighted by molar-refractivity contribution is 9.10. The number of aliphatic carboxylic acids is 1. The standard InChI is InChI=1S/C14H17BrN2O3/c1-9-6-10(13(18)19)8-17(7-9)14(20)16-12-4-2-11(15)3-5-12/h2-5,9-10H,6-8H2,1H3,(H,16,20)(H,18,19). The zero-order chi connectivity index (χ0) is 14.7. The van der Waals surface area contributed by atoms with Gasteiger partial charge in [-0.05, 0) is 36.6 Å². The van der Waals surface area contributed by atoms with Crippen LogP contribution < -0.4 is 5.32 Å². The first-order chi connectivity index (χ1) is 9.45. The molecule has 2 N–H and O–H groups in total. The Morgan fingerprint density at radius 3 is 2.55 bits per heavy atom. The van der Waals surface area contributed by atoms with Gasteiger partial charge in [0.1, 0.15) is 0 Å². The molecule has 2 atom stereocenters. The number of amides is 2. The van der Waals surface area contributed by atoms with Crippen LogP contribution in [0, 0.1) is 11.8 Å². The summed E-state index contributed by atoms with van der Waals surface area (Å²) in [6, 6.07) is 7.03. The molecule has 1 aliphatic heterocycles. The quantitative estimate of drug-likeness (QED) is 0.869. The molecule has 6 heteroatoms. The van der Waals surface area contributed by atoms with Crippen molar-refractivity contribution in [1.29, 1.82) is 0 Å². The van der Waals surface area contributed by atoms with Crippen molar-refractivity contribution in [2.24, 2.45) is 11.8 Å². The van der Waals surface area contributed by atoms with Crippen LogP contribution in [0.5, 0.6) is 0 Å². The van der Waals surface area contributed by atoms with Gasteiger partial charge < -0.3 is 15.3 Å². The number of carboxylic acid groups (broad SMARTS) is 1. The molecular weight excluding hydrogens is 324 g/mol. The van der Waals surface area contributed by atoms with Crippen molar-refractivity contribution in [1.82, 2.24) is 4.90 Å². The van der Waals surface area contributed by atoms with Crippen LogP contribution in [-0.4, -0.2) is 35.1 Å². The maximum atomic E-state index is 12.2. The Bertz CT molecular complexity index is 504. The van der Waals surface area contributed by atoms with Gasteiger partial charge in [-0.15, -0.1) is 0 Å². The number of benzene rings is 1. The predicted molar refractivity (Wildman–Crippen MR) is 79.6 cm³/mol. The normalized spacial score (nSPS) is 22.4. The number of nitrogens with zero attached hydrogens (tertiary/aromatic N) is 1. The number of carbonyl (C=O) groups is 2. The van der Waals surface area contributed by atoms with Gasteiger partial charge in [-0.3, -0.25) is 4.79 Å². The minimum absolute atomic E-state index is 0.195. The zero-order valence-corrected chi connectivity index (χ0v) is 12.8. The number of likely N-dealkylation sites (tertiary alicyclic amines) is 1. The van der Waals surface area contributed by atoms with Gasteiger partial charge in [0.2, 0.25) is 0 Å². The van der Waals surface area contributed by atoms with E-state index in [4.69, 9.17) is 5.11 Å². The second kappa shape index (κ2) is 6.26. The molecule has 1 aliphatic rings. The molecule has 1 aromatic rings. The predicted octanol–water partition coefficient (Wildman–Crippen LogP) is 3.02. The van der Waals surface area contributed by atoms with E-state index in [1.165, 1.54) is 0 Å². The van der Waals surface area contributed by atoms with Gasteiger partial charge in [-0.25, -0.2) is 4.79 Å². The number of carboxylic acids is 1. The van der Waals surface area contributed by atoms with Gasteiger partial charge in [0.25, 0.3) is 0 Å². The fourth-order valence-corrected chi connectivity index (χ4v) is 2.70. The van der Waals surface area contributed by atoms with Gasteiger partial charge in [0.15, 0.2) is 0 Å². The van der Waals surface area contributed by atoms with Crippen molar-refractivity contribution in [2.45, 2.75) is 13.3 Å². The lowest BCUT2D eigenvalue weighted by Gasteiger charge is -2.34. The van der Waals surface area contributed by atoms with Crippen molar-refractivity contribution in [3.8, 4) is 0 Å². The number of carbonyl (C=O) groups excluding carboxylic acids is 1. The summed E-state index contributed by atoms with van der Waals surface area (Å²) in [6.45, 7) is 2.82. The minimum atomic E-state index is -0.835. The molecule has 0 aliphatic carbocycles. The summed E-state index contributed by atoms with van der Waals surface area (Å²) >= 11 is 3.33. The third kappa shape index (κ3) is 3.72. The molecule has 2 rings (SSSR count). The summed E-state index contributed by atoms with van der Waals surface area (Å²) < 4.78 is 0.938. The van der Waals surface area contributed by atoms with Crippen LogP contribution in [0.15, 0.2) is 28.7 Å². The molecule has 5 nitrogen and oxygen atoms in total. The Hall–Kier alpha value is -1.56. The minimum Gasteiger partial charge on any atom is -0.481 e. The summed E-state index contributed by atoms with van der Waals surface area (Å²) in [5.74, 6) is -1.12. The van der Waals surface area contributed by atoms with E-state index in [1.54, 1.807) is 17.0 Å². The molecule has 20 heavy (non-hydrogen) atoms. The lowest BCUT2D eigenvalue weighted by molar-refractivity contribution is -0.143. The number of anilines is 1. The first-order valence-corrected chi connectivity index (χ1v) is 7.29. The van der Waals surface area contributed by atoms with Crippen molar-refractivity contribution in [3.05, 3.63) is 28.7 Å². The average molecular weight is 341 g/mol. The van der Waals surface area contributed by atoms with Crippen molar-refractivity contribution in [2.75, 3.05) is 18.4 Å². The Morgan fingerprint density at radius 1 is 1.30 bits per heavy atom. The molecule has 2 amide bonds. The molecule has 0 spiro atoms. The van der Waals surface area contributed by atoms with Crippen LogP contribution in [0.4, 0.5) is 10.5 Å². The van der Waals surface area contributed by atoms with Gasteiger partial charge >= 0.3 is 12.0 Å². The monoisotopic (exact) mass is 340 g/mol. The van der Waals surface area contributed by atoms with E-state index in [0.29, 0.717) is 18.7 Å². The van der Waals surface area contributed by atoms with Crippen LogP contribution in [0.3, 0.4) is 0 Å². The molecule has 1 fully saturated rings. The largest absolute Gasteiger partial charge is 0.481 e. The Balaban J connectivity index is 2.01. The van der Waals surface area contributed by atoms with Crippen molar-refractivity contribution in [3.63, 3.8) is 0 Å². The Morgan fingerprint density at radius 2 is 1.95 bits per heavy atom. The number of halogens is 1. The molecule has 0 aromatic heterocycles. The van der Waals surface area contributed by atoms with E-state index in [2.05, 4.69) is 21.2 Å². The van der Waals surface area contributed by atoms with Crippen molar-refractivity contribution >= 4 is 33.6 Å². The van der Waals surface area contributed by atoms with Gasteiger partial charge in [0.05, 0.1) is 5.92 Å². The summed E-state index contributed by atoms with van der Waals surface area (Å²) in [7, 11) is 0. The molecular formula is C14H17BrN2O3. The maximum absolute atomic E-state index is 12.2. The summed E-state index contributed by atoms with van der Waals surface area (Å²) in [4.78, 5) is 24.9. The lowest BCUT2D eigenvalue weighted by Crippen LogP contribution is -2.47. The Kier molecular flexibility index (Phi) is 4.65. The Labute approximate surface area is 126 Å². The zero-order valence-electron chi connectivity index (χ0n) is 11.2. The number of hydrogen-bond acceptors (Lipinski definition) is 2. The van der Waals surface area contributed by atoms with E-state index in [0.717, 1.165) is 4.47 Å². The first kappa shape index (κ1) is 14.8. The highest BCUT2D eigenvalue weighted by atomic mass is 79.9. The van der Waals surface area contributed by atoms with Gasteiger partial charge in [0, 0.05) is 23.2 Å². The molecule has 0 saturated carbocycles. The SMILES string of the molecule is CC1CC(C(=O)O)CN(C(=O)Nc2ccc(Br)cc2)C1. The first-order valence-electron chi connectivity index (χ1n) is 6.50. The van der Waals surface area contributed by atoms with E-state index >= 15 is 0 Å². The molecule has 1 aromatic carbocycles. The van der Waals surface area contributed by atoms with E-state index < -0.39 is 11.9 Å². The van der Waals surface area contributed by atoms with Crippen LogP contribution in [0.25, 0.3) is 0 Å². The molecule has 108 valence electrons. The molecule has 1 saturated heterocycles. The van der Waals surface area contributed by atoms with E-state index in [1.807, 2.05) is 19.1 Å². The summed E-state index contributed by atoms with van der Waals surface area (Å²) in [6.07, 6.45) is 0.622. The molecule has 1 heterocycles. The van der Waals surface area contributed by atoms with Gasteiger partial charge in [-0.1, -0.05) is 22.9 Å². The lowest BCUT2D eigenvalue weighted by atomic mass is 9.91. The third-order valence-corrected chi connectivity index (χ3v) is 3.92.